The summed E-state index contributed by atoms with van der Waals surface area (Å²) in [6.45, 7) is 10.5. The van der Waals surface area contributed by atoms with Crippen molar-refractivity contribution in [2.24, 2.45) is 0 Å². The van der Waals surface area contributed by atoms with Crippen LogP contribution < -0.4 is 0 Å². The molecule has 0 amide bonds. The quantitative estimate of drug-likeness (QED) is 0.864. The van der Waals surface area contributed by atoms with Crippen molar-refractivity contribution in [1.29, 1.82) is 0 Å². The zero-order chi connectivity index (χ0) is 14.7. The molecule has 2 aromatic rings. The van der Waals surface area contributed by atoms with Crippen molar-refractivity contribution < 1.29 is 4.52 Å². The summed E-state index contributed by atoms with van der Waals surface area (Å²) in [5.74, 6) is 0.892. The van der Waals surface area contributed by atoms with Crippen molar-refractivity contribution in [1.82, 2.24) is 15.0 Å². The van der Waals surface area contributed by atoms with Gasteiger partial charge in [0.1, 0.15) is 5.76 Å². The van der Waals surface area contributed by atoms with Crippen LogP contribution in [0.2, 0.25) is 0 Å². The maximum atomic E-state index is 5.13. The van der Waals surface area contributed by atoms with E-state index in [1.165, 1.54) is 11.1 Å². The van der Waals surface area contributed by atoms with Crippen LogP contribution in [0.25, 0.3) is 0 Å². The van der Waals surface area contributed by atoms with Gasteiger partial charge in [-0.25, -0.2) is 0 Å². The zero-order valence-electron chi connectivity index (χ0n) is 12.9. The number of rotatable bonds is 4. The van der Waals surface area contributed by atoms with Crippen LogP contribution in [0, 0.1) is 13.8 Å². The highest BCUT2D eigenvalue weighted by Crippen LogP contribution is 2.14. The van der Waals surface area contributed by atoms with Gasteiger partial charge in [-0.2, -0.15) is 0 Å². The number of benzene rings is 1. The molecule has 0 unspecified atom stereocenters. The van der Waals surface area contributed by atoms with Crippen molar-refractivity contribution in [3.8, 4) is 0 Å². The molecule has 0 spiro atoms. The molecule has 0 saturated carbocycles. The summed E-state index contributed by atoms with van der Waals surface area (Å²) < 4.78 is 5.13. The third-order valence-corrected chi connectivity index (χ3v) is 4.18. The normalized spacial score (nSPS) is 17.2. The molecule has 1 fully saturated rings. The maximum Gasteiger partial charge on any atom is 0.133 e. The van der Waals surface area contributed by atoms with E-state index in [4.69, 9.17) is 4.52 Å². The Hall–Kier alpha value is -1.65. The van der Waals surface area contributed by atoms with Gasteiger partial charge in [0, 0.05) is 45.3 Å². The van der Waals surface area contributed by atoms with Crippen molar-refractivity contribution in [2.45, 2.75) is 26.9 Å². The molecule has 2 heterocycles. The molecule has 0 radical (unpaired) electrons. The fourth-order valence-corrected chi connectivity index (χ4v) is 2.86. The smallest absolute Gasteiger partial charge is 0.133 e. The Morgan fingerprint density at radius 3 is 2.29 bits per heavy atom. The lowest BCUT2D eigenvalue weighted by molar-refractivity contribution is 0.120. The highest BCUT2D eigenvalue weighted by molar-refractivity contribution is 5.25. The Morgan fingerprint density at radius 2 is 1.67 bits per heavy atom. The molecule has 0 N–H and O–H groups in total. The lowest BCUT2D eigenvalue weighted by Gasteiger charge is -2.34. The van der Waals surface area contributed by atoms with Gasteiger partial charge in [0.2, 0.25) is 0 Å². The van der Waals surface area contributed by atoms with Crippen LogP contribution in [0.1, 0.15) is 22.6 Å². The van der Waals surface area contributed by atoms with Crippen LogP contribution in [0.5, 0.6) is 0 Å². The Kier molecular flexibility index (Phi) is 4.36. The molecule has 1 aliphatic heterocycles. The molecule has 4 nitrogen and oxygen atoms in total. The minimum absolute atomic E-state index is 0.892. The zero-order valence-corrected chi connectivity index (χ0v) is 12.9. The largest absolute Gasteiger partial charge is 0.361 e. The molecule has 1 aliphatic rings. The molecule has 4 heteroatoms. The topological polar surface area (TPSA) is 32.5 Å². The Morgan fingerprint density at radius 1 is 1.00 bits per heavy atom. The van der Waals surface area contributed by atoms with Crippen LogP contribution in [-0.2, 0) is 13.1 Å². The molecular weight excluding hydrogens is 262 g/mol. The van der Waals surface area contributed by atoms with Crippen LogP contribution in [0.15, 0.2) is 34.9 Å². The maximum absolute atomic E-state index is 5.13. The van der Waals surface area contributed by atoms with E-state index in [1.54, 1.807) is 0 Å². The van der Waals surface area contributed by atoms with E-state index in [9.17, 15) is 0 Å². The molecule has 0 aliphatic carbocycles. The Balaban J connectivity index is 1.50. The predicted octanol–water partition coefficient (Wildman–Crippen LogP) is 2.61. The first-order valence-corrected chi connectivity index (χ1v) is 7.62. The summed E-state index contributed by atoms with van der Waals surface area (Å²) >= 11 is 0. The molecule has 3 rings (SSSR count). The molecule has 0 atom stereocenters. The fraction of sp³-hybridized carbons (Fsp3) is 0.471. The van der Waals surface area contributed by atoms with Crippen molar-refractivity contribution in [3.63, 3.8) is 0 Å². The summed E-state index contributed by atoms with van der Waals surface area (Å²) in [5, 5.41) is 4.08. The van der Waals surface area contributed by atoms with Gasteiger partial charge in [0.05, 0.1) is 5.69 Å². The summed E-state index contributed by atoms with van der Waals surface area (Å²) in [6.07, 6.45) is 0. The van der Waals surface area contributed by atoms with Gasteiger partial charge in [-0.3, -0.25) is 9.80 Å². The Bertz CT molecular complexity index is 585. The van der Waals surface area contributed by atoms with Crippen LogP contribution in [-0.4, -0.2) is 41.1 Å². The lowest BCUT2D eigenvalue weighted by atomic mass is 10.1. The van der Waals surface area contributed by atoms with E-state index in [1.807, 2.05) is 13.0 Å². The number of aromatic nitrogens is 1. The summed E-state index contributed by atoms with van der Waals surface area (Å²) in [6, 6.07) is 10.7. The monoisotopic (exact) mass is 285 g/mol. The van der Waals surface area contributed by atoms with Gasteiger partial charge in [0.15, 0.2) is 0 Å². The van der Waals surface area contributed by atoms with Gasteiger partial charge < -0.3 is 4.52 Å². The lowest BCUT2D eigenvalue weighted by Crippen LogP contribution is -2.45. The minimum Gasteiger partial charge on any atom is -0.361 e. The van der Waals surface area contributed by atoms with Crippen molar-refractivity contribution in [2.75, 3.05) is 26.2 Å². The number of hydrogen-bond acceptors (Lipinski definition) is 4. The number of hydrogen-bond donors (Lipinski definition) is 0. The highest BCUT2D eigenvalue weighted by atomic mass is 16.5. The SMILES string of the molecule is Cc1cc(CN2CCN(Cc3ccccc3C)CC2)no1. The molecule has 1 aromatic heterocycles. The third kappa shape index (κ3) is 3.71. The average molecular weight is 285 g/mol. The van der Waals surface area contributed by atoms with Gasteiger partial charge in [-0.15, -0.1) is 0 Å². The van der Waals surface area contributed by atoms with Crippen molar-refractivity contribution in [3.05, 3.63) is 52.9 Å². The number of piperazine rings is 1. The number of nitrogens with zero attached hydrogens (tertiary/aromatic N) is 3. The van der Waals surface area contributed by atoms with Gasteiger partial charge in [-0.05, 0) is 25.0 Å². The second kappa shape index (κ2) is 6.41. The summed E-state index contributed by atoms with van der Waals surface area (Å²) in [5.41, 5.74) is 3.87. The molecule has 0 bridgehead atoms. The van der Waals surface area contributed by atoms with Gasteiger partial charge in [-0.1, -0.05) is 29.4 Å². The van der Waals surface area contributed by atoms with E-state index in [-0.39, 0.29) is 0 Å². The standard InChI is InChI=1S/C17H23N3O/c1-14-5-3-4-6-16(14)12-19-7-9-20(10-8-19)13-17-11-15(2)21-18-17/h3-6,11H,7-10,12-13H2,1-2H3. The molecule has 112 valence electrons. The van der Waals surface area contributed by atoms with Crippen LogP contribution in [0.4, 0.5) is 0 Å². The molecule has 1 saturated heterocycles. The van der Waals surface area contributed by atoms with Crippen molar-refractivity contribution >= 4 is 0 Å². The Labute approximate surface area is 126 Å². The summed E-state index contributed by atoms with van der Waals surface area (Å²) in [4.78, 5) is 4.98. The molecular formula is C17H23N3O. The number of aryl methyl sites for hydroxylation is 2. The van der Waals surface area contributed by atoms with E-state index in [0.29, 0.717) is 0 Å². The fourth-order valence-electron chi connectivity index (χ4n) is 2.86. The average Bonchev–Trinajstić information content (AvgIpc) is 2.89. The second-order valence-corrected chi connectivity index (χ2v) is 5.91. The minimum atomic E-state index is 0.892. The second-order valence-electron chi connectivity index (χ2n) is 5.91. The van der Waals surface area contributed by atoms with Crippen LogP contribution >= 0.6 is 0 Å². The van der Waals surface area contributed by atoms with Gasteiger partial charge >= 0.3 is 0 Å². The van der Waals surface area contributed by atoms with E-state index in [2.05, 4.69) is 46.1 Å². The third-order valence-electron chi connectivity index (χ3n) is 4.18. The highest BCUT2D eigenvalue weighted by Gasteiger charge is 2.18. The van der Waals surface area contributed by atoms with E-state index in [0.717, 1.165) is 50.7 Å². The molecule has 21 heavy (non-hydrogen) atoms. The first-order valence-electron chi connectivity index (χ1n) is 7.62. The van der Waals surface area contributed by atoms with Crippen LogP contribution in [0.3, 0.4) is 0 Å². The van der Waals surface area contributed by atoms with E-state index < -0.39 is 0 Å². The predicted molar refractivity (Wildman–Crippen MR) is 83.0 cm³/mol. The first kappa shape index (κ1) is 14.3. The first-order chi connectivity index (χ1) is 10.2. The van der Waals surface area contributed by atoms with Gasteiger partial charge in [0.25, 0.3) is 0 Å². The summed E-state index contributed by atoms with van der Waals surface area (Å²) in [7, 11) is 0. The molecule has 1 aromatic carbocycles. The van der Waals surface area contributed by atoms with E-state index >= 15 is 0 Å².